The summed E-state index contributed by atoms with van der Waals surface area (Å²) in [6.07, 6.45) is -3.68. The number of ether oxygens (including phenoxy) is 1. The maximum atomic E-state index is 13.0. The fourth-order valence-corrected chi connectivity index (χ4v) is 4.67. The third-order valence-corrected chi connectivity index (χ3v) is 5.81. The Morgan fingerprint density at radius 3 is 2.24 bits per heavy atom. The Hall–Kier alpha value is -3.41. The number of alkyl halides is 3. The number of rotatable bonds is 6. The first kappa shape index (κ1) is 24.2. The van der Waals surface area contributed by atoms with Crippen molar-refractivity contribution in [3.8, 4) is 11.4 Å². The van der Waals surface area contributed by atoms with Gasteiger partial charge in [-0.2, -0.15) is 5.10 Å². The SMILES string of the molecule is CC(C)Cc1ccc2c(c1S(C)(=O)=O)c(=O)c(C(=O)O)nn2-c1ccc(OC(F)(F)F)cc1. The number of hydrogen-bond donors (Lipinski definition) is 1. The number of sulfone groups is 1. The highest BCUT2D eigenvalue weighted by Crippen LogP contribution is 2.29. The van der Waals surface area contributed by atoms with Crippen molar-refractivity contribution in [2.45, 2.75) is 31.5 Å². The highest BCUT2D eigenvalue weighted by Gasteiger charge is 2.31. The van der Waals surface area contributed by atoms with Gasteiger partial charge in [-0.3, -0.25) is 4.79 Å². The second-order valence-electron chi connectivity index (χ2n) is 7.75. The molecule has 3 aromatic rings. The van der Waals surface area contributed by atoms with Crippen LogP contribution < -0.4 is 10.2 Å². The average Bonchev–Trinajstić information content (AvgIpc) is 2.66. The van der Waals surface area contributed by atoms with Gasteiger partial charge in [0.15, 0.2) is 9.84 Å². The Balaban J connectivity index is 2.39. The molecule has 1 aromatic heterocycles. The third kappa shape index (κ3) is 5.16. The quantitative estimate of drug-likeness (QED) is 0.569. The first-order valence-electron chi connectivity index (χ1n) is 9.57. The van der Waals surface area contributed by atoms with E-state index < -0.39 is 39.0 Å². The van der Waals surface area contributed by atoms with Gasteiger partial charge in [0, 0.05) is 6.26 Å². The van der Waals surface area contributed by atoms with Crippen molar-refractivity contribution in [1.29, 1.82) is 0 Å². The summed E-state index contributed by atoms with van der Waals surface area (Å²) in [7, 11) is -3.98. The van der Waals surface area contributed by atoms with Crippen molar-refractivity contribution in [3.63, 3.8) is 0 Å². The molecule has 8 nitrogen and oxygen atoms in total. The molecule has 0 aliphatic rings. The van der Waals surface area contributed by atoms with Crippen molar-refractivity contribution in [2.24, 2.45) is 5.92 Å². The summed E-state index contributed by atoms with van der Waals surface area (Å²) in [5, 5.41) is 13.0. The predicted octanol–water partition coefficient (Wildman–Crippen LogP) is 3.58. The van der Waals surface area contributed by atoms with Crippen LogP contribution in [0.2, 0.25) is 0 Å². The molecule has 0 unspecified atom stereocenters. The van der Waals surface area contributed by atoms with Gasteiger partial charge in [0.05, 0.1) is 21.5 Å². The molecule has 2 aromatic carbocycles. The molecule has 33 heavy (non-hydrogen) atoms. The fraction of sp³-hybridized carbons (Fsp3) is 0.286. The lowest BCUT2D eigenvalue weighted by Crippen LogP contribution is -2.24. The lowest BCUT2D eigenvalue weighted by Gasteiger charge is -2.17. The summed E-state index contributed by atoms with van der Waals surface area (Å²) in [6.45, 7) is 3.71. The topological polar surface area (TPSA) is 116 Å². The fourth-order valence-electron chi connectivity index (χ4n) is 3.48. The van der Waals surface area contributed by atoms with E-state index in [4.69, 9.17) is 0 Å². The second-order valence-corrected chi connectivity index (χ2v) is 9.71. The highest BCUT2D eigenvalue weighted by atomic mass is 32.2. The Morgan fingerprint density at radius 1 is 1.15 bits per heavy atom. The summed E-state index contributed by atoms with van der Waals surface area (Å²) in [6, 6.07) is 7.26. The number of carbonyl (C=O) groups is 1. The van der Waals surface area contributed by atoms with E-state index in [1.165, 1.54) is 24.3 Å². The van der Waals surface area contributed by atoms with Crippen LogP contribution in [0.15, 0.2) is 46.1 Å². The van der Waals surface area contributed by atoms with Gasteiger partial charge in [-0.05, 0) is 48.2 Å². The number of halogens is 3. The van der Waals surface area contributed by atoms with Crippen LogP contribution >= 0.6 is 0 Å². The second kappa shape index (κ2) is 8.50. The molecule has 0 bridgehead atoms. The van der Waals surface area contributed by atoms with Crippen molar-refractivity contribution in [1.82, 2.24) is 9.78 Å². The van der Waals surface area contributed by atoms with E-state index in [0.29, 0.717) is 12.0 Å². The molecule has 3 rings (SSSR count). The van der Waals surface area contributed by atoms with Crippen LogP contribution in [-0.2, 0) is 16.3 Å². The van der Waals surface area contributed by atoms with Crippen LogP contribution in [0.4, 0.5) is 13.2 Å². The molecule has 1 heterocycles. The van der Waals surface area contributed by atoms with E-state index in [2.05, 4.69) is 9.84 Å². The zero-order valence-corrected chi connectivity index (χ0v) is 18.5. The monoisotopic (exact) mass is 484 g/mol. The molecule has 12 heteroatoms. The molecule has 0 atom stereocenters. The van der Waals surface area contributed by atoms with Crippen LogP contribution in [-0.4, -0.2) is 41.9 Å². The zero-order chi connectivity index (χ0) is 24.7. The van der Waals surface area contributed by atoms with E-state index in [1.807, 2.05) is 13.8 Å². The van der Waals surface area contributed by atoms with Crippen LogP contribution in [0.5, 0.6) is 5.75 Å². The molecule has 0 aliphatic heterocycles. The molecule has 0 radical (unpaired) electrons. The Bertz CT molecular complexity index is 1390. The van der Waals surface area contributed by atoms with Gasteiger partial charge >= 0.3 is 12.3 Å². The first-order chi connectivity index (χ1) is 15.2. The number of nitrogens with zero attached hydrogens (tertiary/aromatic N) is 2. The number of fused-ring (bicyclic) bond motifs is 1. The van der Waals surface area contributed by atoms with E-state index in [0.717, 1.165) is 23.1 Å². The van der Waals surface area contributed by atoms with Gasteiger partial charge in [-0.1, -0.05) is 19.9 Å². The maximum absolute atomic E-state index is 13.0. The van der Waals surface area contributed by atoms with Crippen LogP contribution in [0, 0.1) is 5.92 Å². The van der Waals surface area contributed by atoms with Gasteiger partial charge in [-0.25, -0.2) is 17.9 Å². The molecule has 0 saturated heterocycles. The van der Waals surface area contributed by atoms with Crippen LogP contribution in [0.3, 0.4) is 0 Å². The van der Waals surface area contributed by atoms with Gasteiger partial charge in [0.25, 0.3) is 0 Å². The van der Waals surface area contributed by atoms with Crippen molar-refractivity contribution in [2.75, 3.05) is 6.26 Å². The minimum absolute atomic E-state index is 0.0116. The molecular formula is C21H19F3N2O6S. The molecular weight excluding hydrogens is 465 g/mol. The number of carboxylic acid groups (broad SMARTS) is 1. The number of carboxylic acids is 1. The van der Waals surface area contributed by atoms with E-state index in [-0.39, 0.29) is 27.4 Å². The van der Waals surface area contributed by atoms with Crippen LogP contribution in [0.25, 0.3) is 16.6 Å². The standard InChI is InChI=1S/C21H19F3N2O6S/c1-11(2)10-12-4-9-15-16(19(12)33(3,30)31)18(27)17(20(28)29)25-26(15)13-5-7-14(8-6-13)32-21(22,23)24/h4-9,11H,10H2,1-3H3,(H,28,29). The third-order valence-electron chi connectivity index (χ3n) is 4.60. The first-order valence-corrected chi connectivity index (χ1v) is 11.5. The molecule has 0 amide bonds. The van der Waals surface area contributed by atoms with E-state index in [9.17, 15) is 36.3 Å². The lowest BCUT2D eigenvalue weighted by atomic mass is 10.0. The molecule has 0 saturated carbocycles. The summed E-state index contributed by atoms with van der Waals surface area (Å²) < 4.78 is 67.5. The number of benzene rings is 2. The highest BCUT2D eigenvalue weighted by molar-refractivity contribution is 7.91. The molecule has 0 aliphatic carbocycles. The summed E-state index contributed by atoms with van der Waals surface area (Å²) >= 11 is 0. The van der Waals surface area contributed by atoms with Gasteiger partial charge in [0.1, 0.15) is 5.75 Å². The predicted molar refractivity (Wildman–Crippen MR) is 113 cm³/mol. The van der Waals surface area contributed by atoms with Gasteiger partial charge in [-0.15, -0.1) is 13.2 Å². The van der Waals surface area contributed by atoms with E-state index in [1.54, 1.807) is 0 Å². The molecule has 0 fully saturated rings. The minimum Gasteiger partial charge on any atom is -0.476 e. The number of hydrogen-bond acceptors (Lipinski definition) is 6. The van der Waals surface area contributed by atoms with E-state index >= 15 is 0 Å². The summed E-state index contributed by atoms with van der Waals surface area (Å²) in [4.78, 5) is 24.4. The molecule has 0 spiro atoms. The Labute approximate surface area is 186 Å². The van der Waals surface area contributed by atoms with Crippen molar-refractivity contribution >= 4 is 26.7 Å². The Kier molecular flexibility index (Phi) is 6.25. The number of aromatic carboxylic acids is 1. The molecule has 1 N–H and O–H groups in total. The lowest BCUT2D eigenvalue weighted by molar-refractivity contribution is -0.274. The maximum Gasteiger partial charge on any atom is 0.573 e. The average molecular weight is 484 g/mol. The number of aromatic nitrogens is 2. The summed E-state index contributed by atoms with van der Waals surface area (Å²) in [5.41, 5.74) is -1.57. The normalized spacial score (nSPS) is 12.3. The van der Waals surface area contributed by atoms with Crippen molar-refractivity contribution < 1.29 is 36.2 Å². The smallest absolute Gasteiger partial charge is 0.476 e. The van der Waals surface area contributed by atoms with Gasteiger partial charge < -0.3 is 9.84 Å². The largest absolute Gasteiger partial charge is 0.573 e. The Morgan fingerprint density at radius 2 is 1.76 bits per heavy atom. The molecule has 176 valence electrons. The van der Waals surface area contributed by atoms with Crippen LogP contribution in [0.1, 0.15) is 29.9 Å². The summed E-state index contributed by atoms with van der Waals surface area (Å²) in [5.74, 6) is -2.17. The van der Waals surface area contributed by atoms with Gasteiger partial charge in [0.2, 0.25) is 11.1 Å². The minimum atomic E-state index is -4.91. The zero-order valence-electron chi connectivity index (χ0n) is 17.7. The van der Waals surface area contributed by atoms with Crippen molar-refractivity contribution in [3.05, 3.63) is 57.9 Å².